The number of nitrogens with zero attached hydrogens (tertiary/aromatic N) is 6. The molecule has 166 valence electrons. The zero-order valence-corrected chi connectivity index (χ0v) is 19.8. The summed E-state index contributed by atoms with van der Waals surface area (Å²) in [6.07, 6.45) is 0. The van der Waals surface area contributed by atoms with E-state index in [1.165, 1.54) is 41.5 Å². The van der Waals surface area contributed by atoms with Gasteiger partial charge in [0.25, 0.3) is 5.56 Å². The summed E-state index contributed by atoms with van der Waals surface area (Å²) in [4.78, 5) is 47.8. The number of aromatic nitrogens is 5. The summed E-state index contributed by atoms with van der Waals surface area (Å²) in [6, 6.07) is 5.86. The third-order valence-corrected chi connectivity index (χ3v) is 6.42. The number of hydrogen-bond acceptors (Lipinski definition) is 6. The number of aryl methyl sites for hydroxylation is 3. The zero-order chi connectivity index (χ0) is 23.3. The average Bonchev–Trinajstić information content (AvgIpc) is 3.31. The molecule has 4 rings (SSSR count). The number of imidazole rings is 1. The molecule has 0 N–H and O–H groups in total. The largest absolute Gasteiger partial charge is 0.332 e. The molecule has 0 aliphatic carbocycles. The van der Waals surface area contributed by atoms with Gasteiger partial charge in [0.15, 0.2) is 16.3 Å². The smallest absolute Gasteiger partial charge is 0.303 e. The minimum absolute atomic E-state index is 0.0747. The molecule has 11 heteroatoms. The Labute approximate surface area is 192 Å². The summed E-state index contributed by atoms with van der Waals surface area (Å²) in [5, 5.41) is 2.40. The number of amides is 1. The number of hydrogen-bond donors (Lipinski definition) is 0. The van der Waals surface area contributed by atoms with Crippen LogP contribution in [0.2, 0.25) is 5.28 Å². The monoisotopic (exact) mass is 472 g/mol. The summed E-state index contributed by atoms with van der Waals surface area (Å²) in [5.41, 5.74) is 2.89. The molecule has 1 amide bonds. The summed E-state index contributed by atoms with van der Waals surface area (Å²) in [7, 11) is 2.94. The summed E-state index contributed by atoms with van der Waals surface area (Å²) in [6.45, 7) is 5.60. The SMILES string of the molecule is CC(=O)N(c1nc(Cn2c(Cl)nc3c2c(=O)n(C)c(=O)n3C)cs1)c1ccc(C)cc1C. The number of fused-ring (bicyclic) bond motifs is 1. The van der Waals surface area contributed by atoms with Gasteiger partial charge in [-0.25, -0.2) is 9.78 Å². The Morgan fingerprint density at radius 3 is 2.53 bits per heavy atom. The summed E-state index contributed by atoms with van der Waals surface area (Å²) < 4.78 is 3.82. The lowest BCUT2D eigenvalue weighted by Gasteiger charge is -2.20. The van der Waals surface area contributed by atoms with E-state index < -0.39 is 11.2 Å². The van der Waals surface area contributed by atoms with Gasteiger partial charge in [-0.15, -0.1) is 11.3 Å². The van der Waals surface area contributed by atoms with E-state index in [9.17, 15) is 14.4 Å². The Balaban J connectivity index is 1.77. The maximum atomic E-state index is 12.7. The van der Waals surface area contributed by atoms with E-state index in [1.54, 1.807) is 4.90 Å². The normalized spacial score (nSPS) is 11.3. The van der Waals surface area contributed by atoms with Crippen LogP contribution in [0.25, 0.3) is 11.2 Å². The molecular formula is C21H21ClN6O3S. The number of carbonyl (C=O) groups excluding carboxylic acids is 1. The molecule has 9 nitrogen and oxygen atoms in total. The second-order valence-corrected chi connectivity index (χ2v) is 8.79. The van der Waals surface area contributed by atoms with Gasteiger partial charge < -0.3 is 4.57 Å². The molecule has 1 aromatic carbocycles. The van der Waals surface area contributed by atoms with E-state index in [0.717, 1.165) is 21.4 Å². The van der Waals surface area contributed by atoms with Crippen molar-refractivity contribution in [1.82, 2.24) is 23.7 Å². The van der Waals surface area contributed by atoms with E-state index in [-0.39, 0.29) is 28.9 Å². The highest BCUT2D eigenvalue weighted by Gasteiger charge is 2.22. The number of anilines is 2. The van der Waals surface area contributed by atoms with Crippen LogP contribution in [-0.4, -0.2) is 29.6 Å². The molecule has 0 aliphatic rings. The van der Waals surface area contributed by atoms with E-state index in [0.29, 0.717) is 10.8 Å². The first-order valence-corrected chi connectivity index (χ1v) is 11.0. The van der Waals surface area contributed by atoms with Gasteiger partial charge in [0.2, 0.25) is 11.2 Å². The first-order valence-electron chi connectivity index (χ1n) is 9.74. The van der Waals surface area contributed by atoms with Crippen LogP contribution in [0, 0.1) is 13.8 Å². The van der Waals surface area contributed by atoms with Crippen molar-refractivity contribution in [2.45, 2.75) is 27.3 Å². The average molecular weight is 473 g/mol. The number of carbonyl (C=O) groups is 1. The van der Waals surface area contributed by atoms with Crippen molar-refractivity contribution < 1.29 is 4.79 Å². The molecule has 0 unspecified atom stereocenters. The van der Waals surface area contributed by atoms with Crippen molar-refractivity contribution in [2.24, 2.45) is 14.1 Å². The lowest BCUT2D eigenvalue weighted by Crippen LogP contribution is -2.37. The number of halogens is 1. The summed E-state index contributed by atoms with van der Waals surface area (Å²) in [5.74, 6) is -0.159. The van der Waals surface area contributed by atoms with Gasteiger partial charge in [-0.3, -0.25) is 23.6 Å². The third-order valence-electron chi connectivity index (χ3n) is 5.26. The molecule has 0 bridgehead atoms. The fraction of sp³-hybridized carbons (Fsp3) is 0.286. The Morgan fingerprint density at radius 1 is 1.16 bits per heavy atom. The van der Waals surface area contributed by atoms with Crippen LogP contribution >= 0.6 is 22.9 Å². The molecular weight excluding hydrogens is 452 g/mol. The third kappa shape index (κ3) is 3.55. The van der Waals surface area contributed by atoms with Crippen molar-refractivity contribution in [1.29, 1.82) is 0 Å². The highest BCUT2D eigenvalue weighted by molar-refractivity contribution is 7.14. The first kappa shape index (κ1) is 22.0. The Morgan fingerprint density at radius 2 is 1.88 bits per heavy atom. The molecule has 0 spiro atoms. The van der Waals surface area contributed by atoms with Crippen LogP contribution in [0.3, 0.4) is 0 Å². The van der Waals surface area contributed by atoms with Gasteiger partial charge in [-0.05, 0) is 37.1 Å². The van der Waals surface area contributed by atoms with Crippen molar-refractivity contribution in [2.75, 3.05) is 4.90 Å². The van der Waals surface area contributed by atoms with Crippen molar-refractivity contribution in [3.8, 4) is 0 Å². The lowest BCUT2D eigenvalue weighted by molar-refractivity contribution is -0.115. The Hall–Kier alpha value is -3.24. The van der Waals surface area contributed by atoms with Crippen LogP contribution < -0.4 is 16.1 Å². The molecule has 32 heavy (non-hydrogen) atoms. The Bertz CT molecular complexity index is 1500. The Kier molecular flexibility index (Phi) is 5.51. The molecule has 0 fully saturated rings. The highest BCUT2D eigenvalue weighted by Crippen LogP contribution is 2.32. The quantitative estimate of drug-likeness (QED) is 0.425. The molecule has 0 saturated heterocycles. The number of benzene rings is 1. The van der Waals surface area contributed by atoms with Crippen LogP contribution in [-0.2, 0) is 25.4 Å². The molecule has 0 aliphatic heterocycles. The molecule has 3 heterocycles. The second kappa shape index (κ2) is 8.03. The van der Waals surface area contributed by atoms with E-state index in [2.05, 4.69) is 9.97 Å². The van der Waals surface area contributed by atoms with Gasteiger partial charge in [0.05, 0.1) is 17.9 Å². The van der Waals surface area contributed by atoms with Crippen LogP contribution in [0.4, 0.5) is 10.8 Å². The van der Waals surface area contributed by atoms with Crippen LogP contribution in [0.5, 0.6) is 0 Å². The molecule has 0 radical (unpaired) electrons. The van der Waals surface area contributed by atoms with E-state index >= 15 is 0 Å². The van der Waals surface area contributed by atoms with Crippen molar-refractivity contribution in [3.05, 3.63) is 66.5 Å². The van der Waals surface area contributed by atoms with Gasteiger partial charge in [0.1, 0.15) is 0 Å². The maximum Gasteiger partial charge on any atom is 0.332 e. The number of rotatable bonds is 4. The minimum atomic E-state index is -0.487. The van der Waals surface area contributed by atoms with E-state index in [1.807, 2.05) is 37.4 Å². The first-order chi connectivity index (χ1) is 15.1. The molecule has 3 aromatic heterocycles. The standard InChI is InChI=1S/C21H21ClN6O3S/c1-11-6-7-15(12(2)8-11)28(13(3)29)20-23-14(10-32-20)9-27-16-17(24-19(27)22)25(4)21(31)26(5)18(16)30/h6-8,10H,9H2,1-5H3. The molecule has 4 aromatic rings. The topological polar surface area (TPSA) is 95.0 Å². The van der Waals surface area contributed by atoms with Gasteiger partial charge in [-0.1, -0.05) is 17.7 Å². The fourth-order valence-corrected chi connectivity index (χ4v) is 4.76. The molecule has 0 atom stereocenters. The highest BCUT2D eigenvalue weighted by atomic mass is 35.5. The number of thiazole rings is 1. The van der Waals surface area contributed by atoms with Crippen LogP contribution in [0.15, 0.2) is 33.2 Å². The van der Waals surface area contributed by atoms with Gasteiger partial charge in [-0.2, -0.15) is 4.98 Å². The minimum Gasteiger partial charge on any atom is -0.303 e. The maximum absolute atomic E-state index is 12.7. The van der Waals surface area contributed by atoms with Crippen molar-refractivity contribution in [3.63, 3.8) is 0 Å². The second-order valence-electron chi connectivity index (χ2n) is 7.61. The van der Waals surface area contributed by atoms with Crippen molar-refractivity contribution >= 4 is 50.8 Å². The predicted octanol–water partition coefficient (Wildman–Crippen LogP) is 2.89. The van der Waals surface area contributed by atoms with Crippen LogP contribution in [0.1, 0.15) is 23.7 Å². The lowest BCUT2D eigenvalue weighted by atomic mass is 10.1. The zero-order valence-electron chi connectivity index (χ0n) is 18.2. The van der Waals surface area contributed by atoms with Gasteiger partial charge >= 0.3 is 5.69 Å². The van der Waals surface area contributed by atoms with E-state index in [4.69, 9.17) is 11.6 Å². The summed E-state index contributed by atoms with van der Waals surface area (Å²) >= 11 is 7.64. The molecule has 0 saturated carbocycles. The predicted molar refractivity (Wildman–Crippen MR) is 125 cm³/mol. The van der Waals surface area contributed by atoms with Gasteiger partial charge in [0, 0.05) is 26.4 Å². The fourth-order valence-electron chi connectivity index (χ4n) is 3.66.